The number of phenolic OH excluding ortho intramolecular Hbond substituents is 1. The molecule has 2 heteroatoms. The molecule has 0 heterocycles. The Bertz CT molecular complexity index is 282. The number of benzene rings is 1. The van der Waals surface area contributed by atoms with Crippen LogP contribution in [0.15, 0.2) is 18.2 Å². The fourth-order valence-corrected chi connectivity index (χ4v) is 1.37. The van der Waals surface area contributed by atoms with Gasteiger partial charge in [0, 0.05) is 5.56 Å². The fourth-order valence-electron chi connectivity index (χ4n) is 1.37. The molecule has 2 nitrogen and oxygen atoms in total. The standard InChI is InChI=1S/C12H18O2/c1-3-5-9-14-12-8-6-7-11(13)10(12)4-2/h6-8,13H,3-5,9H2,1-2H3. The molecule has 0 aliphatic carbocycles. The first-order valence-corrected chi connectivity index (χ1v) is 5.23. The van der Waals surface area contributed by atoms with E-state index in [1.807, 2.05) is 19.1 Å². The van der Waals surface area contributed by atoms with Crippen molar-refractivity contribution in [3.63, 3.8) is 0 Å². The highest BCUT2D eigenvalue weighted by Gasteiger charge is 2.05. The van der Waals surface area contributed by atoms with E-state index in [1.54, 1.807) is 6.07 Å². The summed E-state index contributed by atoms with van der Waals surface area (Å²) in [6.07, 6.45) is 2.98. The molecule has 0 aliphatic heterocycles. The van der Waals surface area contributed by atoms with Crippen LogP contribution in [0, 0.1) is 0 Å². The first kappa shape index (κ1) is 10.9. The normalized spacial score (nSPS) is 10.1. The Labute approximate surface area is 85.5 Å². The van der Waals surface area contributed by atoms with Crippen LogP contribution in [0.25, 0.3) is 0 Å². The van der Waals surface area contributed by atoms with Crippen molar-refractivity contribution in [2.24, 2.45) is 0 Å². The molecular weight excluding hydrogens is 176 g/mol. The fraction of sp³-hybridized carbons (Fsp3) is 0.500. The summed E-state index contributed by atoms with van der Waals surface area (Å²) >= 11 is 0. The van der Waals surface area contributed by atoms with Gasteiger partial charge in [0.05, 0.1) is 6.61 Å². The number of aromatic hydroxyl groups is 1. The van der Waals surface area contributed by atoms with Gasteiger partial charge < -0.3 is 9.84 Å². The minimum absolute atomic E-state index is 0.335. The van der Waals surface area contributed by atoms with E-state index in [0.29, 0.717) is 5.75 Å². The van der Waals surface area contributed by atoms with Gasteiger partial charge >= 0.3 is 0 Å². The summed E-state index contributed by atoms with van der Waals surface area (Å²) in [5, 5.41) is 9.57. The largest absolute Gasteiger partial charge is 0.508 e. The third-order valence-corrected chi connectivity index (χ3v) is 2.22. The lowest BCUT2D eigenvalue weighted by atomic mass is 10.1. The number of rotatable bonds is 5. The van der Waals surface area contributed by atoms with Crippen molar-refractivity contribution in [3.8, 4) is 11.5 Å². The van der Waals surface area contributed by atoms with Crippen molar-refractivity contribution >= 4 is 0 Å². The molecule has 0 radical (unpaired) electrons. The number of unbranched alkanes of at least 4 members (excludes halogenated alkanes) is 1. The zero-order chi connectivity index (χ0) is 10.4. The average molecular weight is 194 g/mol. The third kappa shape index (κ3) is 2.66. The molecule has 0 spiro atoms. The number of phenols is 1. The van der Waals surface area contributed by atoms with Crippen molar-refractivity contribution in [1.82, 2.24) is 0 Å². The van der Waals surface area contributed by atoms with Crippen LogP contribution in [0.5, 0.6) is 11.5 Å². The maximum Gasteiger partial charge on any atom is 0.126 e. The van der Waals surface area contributed by atoms with E-state index in [2.05, 4.69) is 6.92 Å². The summed E-state index contributed by atoms with van der Waals surface area (Å²) < 4.78 is 5.59. The zero-order valence-corrected chi connectivity index (χ0v) is 8.92. The lowest BCUT2D eigenvalue weighted by molar-refractivity contribution is 0.304. The van der Waals surface area contributed by atoms with Crippen LogP contribution in [0.4, 0.5) is 0 Å². The quantitative estimate of drug-likeness (QED) is 0.730. The molecule has 1 aromatic carbocycles. The maximum atomic E-state index is 9.57. The van der Waals surface area contributed by atoms with Gasteiger partial charge in [0.2, 0.25) is 0 Å². The van der Waals surface area contributed by atoms with Gasteiger partial charge in [-0.15, -0.1) is 0 Å². The van der Waals surface area contributed by atoms with Crippen LogP contribution >= 0.6 is 0 Å². The summed E-state index contributed by atoms with van der Waals surface area (Å²) in [5.41, 5.74) is 0.906. The predicted octanol–water partition coefficient (Wildman–Crippen LogP) is 3.13. The van der Waals surface area contributed by atoms with Crippen LogP contribution < -0.4 is 4.74 Å². The second-order valence-electron chi connectivity index (χ2n) is 3.31. The molecular formula is C12H18O2. The van der Waals surface area contributed by atoms with Crippen LogP contribution in [0.1, 0.15) is 32.3 Å². The van der Waals surface area contributed by atoms with Crippen molar-refractivity contribution in [3.05, 3.63) is 23.8 Å². The molecule has 0 aliphatic rings. The second kappa shape index (κ2) is 5.53. The van der Waals surface area contributed by atoms with E-state index >= 15 is 0 Å². The van der Waals surface area contributed by atoms with Crippen LogP contribution in [-0.4, -0.2) is 11.7 Å². The molecule has 0 atom stereocenters. The maximum absolute atomic E-state index is 9.57. The molecule has 78 valence electrons. The Kier molecular flexibility index (Phi) is 4.30. The summed E-state index contributed by atoms with van der Waals surface area (Å²) in [6.45, 7) is 4.88. The van der Waals surface area contributed by atoms with Crippen LogP contribution in [0.3, 0.4) is 0 Å². The molecule has 0 unspecified atom stereocenters. The van der Waals surface area contributed by atoms with Gasteiger partial charge in [-0.25, -0.2) is 0 Å². The second-order valence-corrected chi connectivity index (χ2v) is 3.31. The van der Waals surface area contributed by atoms with E-state index in [9.17, 15) is 5.11 Å². The van der Waals surface area contributed by atoms with Gasteiger partial charge in [0.15, 0.2) is 0 Å². The van der Waals surface area contributed by atoms with Gasteiger partial charge in [0.1, 0.15) is 11.5 Å². The average Bonchev–Trinajstić information content (AvgIpc) is 2.18. The lowest BCUT2D eigenvalue weighted by Crippen LogP contribution is -1.99. The molecule has 1 rings (SSSR count). The van der Waals surface area contributed by atoms with Gasteiger partial charge in [-0.2, -0.15) is 0 Å². The Morgan fingerprint density at radius 3 is 2.71 bits per heavy atom. The Morgan fingerprint density at radius 1 is 1.29 bits per heavy atom. The minimum Gasteiger partial charge on any atom is -0.508 e. The minimum atomic E-state index is 0.335. The predicted molar refractivity (Wildman–Crippen MR) is 57.9 cm³/mol. The van der Waals surface area contributed by atoms with Crippen LogP contribution in [0.2, 0.25) is 0 Å². The van der Waals surface area contributed by atoms with Gasteiger partial charge in [-0.3, -0.25) is 0 Å². The molecule has 0 amide bonds. The Hall–Kier alpha value is -1.18. The van der Waals surface area contributed by atoms with E-state index in [-0.39, 0.29) is 0 Å². The first-order chi connectivity index (χ1) is 6.79. The van der Waals surface area contributed by atoms with Crippen LogP contribution in [-0.2, 0) is 6.42 Å². The van der Waals surface area contributed by atoms with E-state index in [0.717, 1.165) is 37.2 Å². The molecule has 0 bridgehead atoms. The summed E-state index contributed by atoms with van der Waals surface area (Å²) in [4.78, 5) is 0. The van der Waals surface area contributed by atoms with Gasteiger partial charge in [-0.05, 0) is 25.0 Å². The summed E-state index contributed by atoms with van der Waals surface area (Å²) in [5.74, 6) is 1.16. The summed E-state index contributed by atoms with van der Waals surface area (Å²) in [6, 6.07) is 5.43. The highest BCUT2D eigenvalue weighted by atomic mass is 16.5. The highest BCUT2D eigenvalue weighted by Crippen LogP contribution is 2.27. The number of hydrogen-bond donors (Lipinski definition) is 1. The van der Waals surface area contributed by atoms with Crippen molar-refractivity contribution < 1.29 is 9.84 Å². The summed E-state index contributed by atoms with van der Waals surface area (Å²) in [7, 11) is 0. The highest BCUT2D eigenvalue weighted by molar-refractivity contribution is 5.43. The third-order valence-electron chi connectivity index (χ3n) is 2.22. The Morgan fingerprint density at radius 2 is 2.07 bits per heavy atom. The van der Waals surface area contributed by atoms with E-state index in [1.165, 1.54) is 0 Å². The smallest absolute Gasteiger partial charge is 0.126 e. The van der Waals surface area contributed by atoms with Crippen molar-refractivity contribution in [2.45, 2.75) is 33.1 Å². The SMILES string of the molecule is CCCCOc1cccc(O)c1CC. The molecule has 1 aromatic rings. The molecule has 0 fully saturated rings. The number of ether oxygens (including phenoxy) is 1. The number of hydrogen-bond acceptors (Lipinski definition) is 2. The molecule has 14 heavy (non-hydrogen) atoms. The Balaban J connectivity index is 2.70. The topological polar surface area (TPSA) is 29.5 Å². The molecule has 1 N–H and O–H groups in total. The van der Waals surface area contributed by atoms with E-state index in [4.69, 9.17) is 4.74 Å². The molecule has 0 saturated heterocycles. The first-order valence-electron chi connectivity index (χ1n) is 5.23. The lowest BCUT2D eigenvalue weighted by Gasteiger charge is -2.10. The zero-order valence-electron chi connectivity index (χ0n) is 8.92. The van der Waals surface area contributed by atoms with Crippen molar-refractivity contribution in [2.75, 3.05) is 6.61 Å². The monoisotopic (exact) mass is 194 g/mol. The van der Waals surface area contributed by atoms with E-state index < -0.39 is 0 Å². The van der Waals surface area contributed by atoms with Gasteiger partial charge in [-0.1, -0.05) is 26.3 Å². The van der Waals surface area contributed by atoms with Crippen molar-refractivity contribution in [1.29, 1.82) is 0 Å². The molecule has 0 aromatic heterocycles. The molecule has 0 saturated carbocycles. The van der Waals surface area contributed by atoms with Gasteiger partial charge in [0.25, 0.3) is 0 Å².